The molecule has 1 saturated heterocycles. The number of carbonyl (C=O) groups is 2. The summed E-state index contributed by atoms with van der Waals surface area (Å²) in [5, 5.41) is 3.08. The van der Waals surface area contributed by atoms with Gasteiger partial charge in [-0.1, -0.05) is 12.1 Å². The number of hydrogen-bond acceptors (Lipinski definition) is 5. The molecule has 38 heavy (non-hydrogen) atoms. The van der Waals surface area contributed by atoms with Gasteiger partial charge in [0.1, 0.15) is 12.1 Å². The molecule has 0 bridgehead atoms. The second-order valence-electron chi connectivity index (χ2n) is 10.8. The maximum atomic E-state index is 13.7. The van der Waals surface area contributed by atoms with Crippen molar-refractivity contribution in [3.8, 4) is 0 Å². The number of fused-ring (bicyclic) bond motifs is 1. The Balaban J connectivity index is 1.45. The van der Waals surface area contributed by atoms with E-state index in [2.05, 4.69) is 9.82 Å². The molecular weight excluding hydrogens is 523 g/mol. The Labute approximate surface area is 219 Å². The number of benzene rings is 1. The number of nitrogens with one attached hydrogen (secondary N) is 1. The van der Waals surface area contributed by atoms with Crippen molar-refractivity contribution >= 4 is 22.3 Å². The highest BCUT2D eigenvalue weighted by Crippen LogP contribution is 2.47. The zero-order chi connectivity index (χ0) is 27.3. The van der Waals surface area contributed by atoms with Crippen LogP contribution in [0.5, 0.6) is 0 Å². The van der Waals surface area contributed by atoms with E-state index in [9.17, 15) is 31.2 Å². The van der Waals surface area contributed by atoms with Crippen LogP contribution in [0.4, 0.5) is 18.0 Å². The number of amides is 2. The lowest BCUT2D eigenvalue weighted by Gasteiger charge is -2.54. The number of nitrogens with zero attached hydrogens (tertiary/aromatic N) is 4. The van der Waals surface area contributed by atoms with Gasteiger partial charge in [0.05, 0.1) is 28.9 Å². The van der Waals surface area contributed by atoms with Gasteiger partial charge in [-0.05, 0) is 49.8 Å². The van der Waals surface area contributed by atoms with Crippen LogP contribution in [0.15, 0.2) is 36.7 Å². The molecule has 3 aliphatic rings. The molecule has 1 aliphatic heterocycles. The molecule has 3 atom stereocenters. The third kappa shape index (κ3) is 4.93. The lowest BCUT2D eigenvalue weighted by atomic mass is 9.68. The molecule has 1 N–H and O–H groups in total. The largest absolute Gasteiger partial charge is 0.320 e. The van der Waals surface area contributed by atoms with Crippen LogP contribution in [0.1, 0.15) is 43.2 Å². The first kappa shape index (κ1) is 26.7. The van der Waals surface area contributed by atoms with Crippen molar-refractivity contribution < 1.29 is 31.2 Å². The minimum Gasteiger partial charge on any atom is -0.319 e. The van der Waals surface area contributed by atoms with Gasteiger partial charge < -0.3 is 14.6 Å². The molecule has 1 aromatic carbocycles. The molecule has 206 valence electrons. The van der Waals surface area contributed by atoms with Gasteiger partial charge in [-0.3, -0.25) is 4.68 Å². The van der Waals surface area contributed by atoms with Gasteiger partial charge >= 0.3 is 6.03 Å². The smallest absolute Gasteiger partial charge is 0.319 e. The van der Waals surface area contributed by atoms with E-state index in [0.29, 0.717) is 5.56 Å². The molecule has 3 fully saturated rings. The van der Waals surface area contributed by atoms with Crippen molar-refractivity contribution in [2.24, 2.45) is 12.5 Å². The molecule has 0 radical (unpaired) electrons. The number of sulfonamides is 1. The summed E-state index contributed by atoms with van der Waals surface area (Å²) >= 11 is 0. The third-order valence-corrected chi connectivity index (χ3v) is 10.0. The van der Waals surface area contributed by atoms with Gasteiger partial charge in [-0.2, -0.15) is 5.10 Å². The number of hydrogen-bond donors (Lipinski definition) is 1. The molecule has 3 unspecified atom stereocenters. The first-order valence-corrected chi connectivity index (χ1v) is 14.1. The first-order valence-electron chi connectivity index (χ1n) is 12.5. The number of urea groups is 1. The van der Waals surface area contributed by atoms with Crippen molar-refractivity contribution in [1.82, 2.24) is 24.3 Å². The predicted octanol–water partition coefficient (Wildman–Crippen LogP) is 2.82. The highest BCUT2D eigenvalue weighted by molar-refractivity contribution is 7.90. The monoisotopic (exact) mass is 553 g/mol. The van der Waals surface area contributed by atoms with Crippen molar-refractivity contribution in [1.29, 1.82) is 0 Å². The summed E-state index contributed by atoms with van der Waals surface area (Å²) in [6.45, 7) is 0.243. The van der Waals surface area contributed by atoms with E-state index in [4.69, 9.17) is 0 Å². The summed E-state index contributed by atoms with van der Waals surface area (Å²) in [6.07, 6.45) is 1.61. The summed E-state index contributed by atoms with van der Waals surface area (Å²) in [7, 11) is -2.42. The van der Waals surface area contributed by atoms with E-state index in [1.54, 1.807) is 41.2 Å². The number of aryl methyl sites for hydroxylation is 1. The van der Waals surface area contributed by atoms with Crippen LogP contribution in [0, 0.1) is 11.2 Å². The topological polar surface area (TPSA) is 105 Å². The van der Waals surface area contributed by atoms with Crippen molar-refractivity contribution in [2.75, 3.05) is 6.54 Å². The fourth-order valence-electron chi connectivity index (χ4n) is 5.82. The minimum absolute atomic E-state index is 0.0131. The van der Waals surface area contributed by atoms with Crippen LogP contribution >= 0.6 is 0 Å². The maximum Gasteiger partial charge on any atom is 0.320 e. The standard InChI is InChI=1S/C25H30F3N5O4S/c1-31-12-18(11-29-31)13-32-15-24(16-34)10-20(38(36,37)30-25(8-9-25)22(27)28)6-7-21(24)33(23(32)35)14-17-2-4-19(26)5-3-17/h2-5,11-12,16,20-22,30H,6-10,13-15H2,1H3. The van der Waals surface area contributed by atoms with E-state index in [-0.39, 0.29) is 57.8 Å². The number of rotatable bonds is 9. The van der Waals surface area contributed by atoms with Crippen LogP contribution < -0.4 is 4.72 Å². The van der Waals surface area contributed by atoms with Crippen LogP contribution in [-0.4, -0.2) is 70.1 Å². The average Bonchev–Trinajstić information content (AvgIpc) is 3.54. The molecule has 2 aromatic rings. The maximum absolute atomic E-state index is 13.7. The second-order valence-corrected chi connectivity index (χ2v) is 12.8. The van der Waals surface area contributed by atoms with Gasteiger partial charge in [0.15, 0.2) is 0 Å². The van der Waals surface area contributed by atoms with E-state index in [1.165, 1.54) is 17.0 Å². The molecule has 2 aliphatic carbocycles. The highest BCUT2D eigenvalue weighted by Gasteiger charge is 2.58. The Morgan fingerprint density at radius 1 is 1.16 bits per heavy atom. The Morgan fingerprint density at radius 3 is 2.45 bits per heavy atom. The molecule has 1 aromatic heterocycles. The Kier molecular flexibility index (Phi) is 6.79. The molecule has 13 heteroatoms. The summed E-state index contributed by atoms with van der Waals surface area (Å²) < 4.78 is 70.8. The second kappa shape index (κ2) is 9.67. The normalized spacial score (nSPS) is 26.9. The zero-order valence-electron chi connectivity index (χ0n) is 20.9. The molecule has 2 saturated carbocycles. The summed E-state index contributed by atoms with van der Waals surface area (Å²) in [6, 6.07) is 4.77. The molecule has 5 rings (SSSR count). The summed E-state index contributed by atoms with van der Waals surface area (Å²) in [4.78, 5) is 29.5. The molecule has 2 amide bonds. The van der Waals surface area contributed by atoms with Crippen LogP contribution in [0.3, 0.4) is 0 Å². The third-order valence-electron chi connectivity index (χ3n) is 8.03. The van der Waals surface area contributed by atoms with Crippen LogP contribution in [0.25, 0.3) is 0 Å². The Hall–Kier alpha value is -2.93. The number of aromatic nitrogens is 2. The number of halogens is 3. The van der Waals surface area contributed by atoms with Gasteiger partial charge in [-0.25, -0.2) is 31.1 Å². The van der Waals surface area contributed by atoms with Crippen molar-refractivity contribution in [2.45, 2.75) is 68.4 Å². The van der Waals surface area contributed by atoms with Gasteiger partial charge in [0.2, 0.25) is 10.0 Å². The Bertz CT molecular complexity index is 1310. The van der Waals surface area contributed by atoms with Crippen molar-refractivity contribution in [3.05, 3.63) is 53.6 Å². The minimum atomic E-state index is -4.16. The fourth-order valence-corrected chi connectivity index (χ4v) is 7.83. The van der Waals surface area contributed by atoms with E-state index in [1.807, 2.05) is 0 Å². The molecule has 9 nitrogen and oxygen atoms in total. The van der Waals surface area contributed by atoms with E-state index < -0.39 is 44.5 Å². The fraction of sp³-hybridized carbons (Fsp3) is 0.560. The first-order chi connectivity index (χ1) is 18.0. The SMILES string of the molecule is Cn1cc(CN2CC3(C=O)CC(S(=O)(=O)NC4(C(F)F)CC4)CCC3N(Cc3ccc(F)cc3)C2=O)cn1. The summed E-state index contributed by atoms with van der Waals surface area (Å²) in [5.74, 6) is -0.422. The van der Waals surface area contributed by atoms with Crippen LogP contribution in [-0.2, 0) is 35.0 Å². The number of aldehydes is 1. The van der Waals surface area contributed by atoms with E-state index in [0.717, 1.165) is 11.8 Å². The zero-order valence-corrected chi connectivity index (χ0v) is 21.7. The van der Waals surface area contributed by atoms with Gasteiger partial charge in [-0.15, -0.1) is 0 Å². The van der Waals surface area contributed by atoms with E-state index >= 15 is 0 Å². The molecular formula is C25H30F3N5O4S. The molecule has 2 heterocycles. The number of carbonyl (C=O) groups excluding carboxylic acids is 2. The quantitative estimate of drug-likeness (QED) is 0.481. The Morgan fingerprint density at radius 2 is 1.87 bits per heavy atom. The van der Waals surface area contributed by atoms with Crippen LogP contribution in [0.2, 0.25) is 0 Å². The molecule has 0 spiro atoms. The lowest BCUT2D eigenvalue weighted by molar-refractivity contribution is -0.126. The lowest BCUT2D eigenvalue weighted by Crippen LogP contribution is -2.67. The number of alkyl halides is 2. The van der Waals surface area contributed by atoms with Gasteiger partial charge in [0, 0.05) is 37.9 Å². The van der Waals surface area contributed by atoms with Gasteiger partial charge in [0.25, 0.3) is 6.43 Å². The van der Waals surface area contributed by atoms with Crippen molar-refractivity contribution in [3.63, 3.8) is 0 Å². The highest BCUT2D eigenvalue weighted by atomic mass is 32.2. The predicted molar refractivity (Wildman–Crippen MR) is 131 cm³/mol. The summed E-state index contributed by atoms with van der Waals surface area (Å²) in [5.41, 5.74) is -1.58. The average molecular weight is 554 g/mol.